The number of anilines is 1. The molecular formula is C23H26N2O2. The number of benzene rings is 2. The van der Waals surface area contributed by atoms with Gasteiger partial charge >= 0.3 is 0 Å². The van der Waals surface area contributed by atoms with E-state index in [1.807, 2.05) is 24.3 Å². The lowest BCUT2D eigenvalue weighted by atomic mass is 9.75. The van der Waals surface area contributed by atoms with Crippen LogP contribution in [0.4, 0.5) is 5.69 Å². The maximum atomic E-state index is 12.3. The van der Waals surface area contributed by atoms with Crippen LogP contribution < -0.4 is 15.0 Å². The van der Waals surface area contributed by atoms with Crippen LogP contribution in [0.25, 0.3) is 6.08 Å². The third-order valence-electron chi connectivity index (χ3n) is 5.73. The summed E-state index contributed by atoms with van der Waals surface area (Å²) in [6, 6.07) is 16.4. The normalized spacial score (nSPS) is 22.6. The third-order valence-corrected chi connectivity index (χ3v) is 5.73. The van der Waals surface area contributed by atoms with E-state index >= 15 is 0 Å². The first kappa shape index (κ1) is 17.7. The molecule has 1 N–H and O–H groups in total. The molecule has 1 amide bonds. The second-order valence-electron chi connectivity index (χ2n) is 7.80. The molecule has 0 aromatic heterocycles. The Morgan fingerprint density at radius 3 is 2.81 bits per heavy atom. The summed E-state index contributed by atoms with van der Waals surface area (Å²) in [5.74, 6) is 0.931. The second kappa shape index (κ2) is 6.45. The van der Waals surface area contributed by atoms with Gasteiger partial charge in [0.25, 0.3) is 0 Å². The van der Waals surface area contributed by atoms with Gasteiger partial charge in [0.05, 0.1) is 13.2 Å². The van der Waals surface area contributed by atoms with Crippen LogP contribution in [0.5, 0.6) is 5.75 Å². The molecular weight excluding hydrogens is 336 g/mol. The van der Waals surface area contributed by atoms with Crippen LogP contribution in [0.3, 0.4) is 0 Å². The van der Waals surface area contributed by atoms with Gasteiger partial charge < -0.3 is 15.0 Å². The molecule has 4 heteroatoms. The van der Waals surface area contributed by atoms with E-state index in [-0.39, 0.29) is 11.3 Å². The summed E-state index contributed by atoms with van der Waals surface area (Å²) in [5.41, 5.74) is 2.64. The lowest BCUT2D eigenvalue weighted by Crippen LogP contribution is -2.58. The van der Waals surface area contributed by atoms with Crippen molar-refractivity contribution in [2.24, 2.45) is 0 Å². The van der Waals surface area contributed by atoms with Gasteiger partial charge in [-0.2, -0.15) is 0 Å². The molecule has 0 saturated carbocycles. The zero-order valence-corrected chi connectivity index (χ0v) is 16.2. The van der Waals surface area contributed by atoms with E-state index in [0.29, 0.717) is 13.2 Å². The van der Waals surface area contributed by atoms with Gasteiger partial charge in [-0.25, -0.2) is 0 Å². The molecule has 2 aliphatic rings. The minimum absolute atomic E-state index is 0.0576. The summed E-state index contributed by atoms with van der Waals surface area (Å²) < 4.78 is 5.75. The summed E-state index contributed by atoms with van der Waals surface area (Å²) in [7, 11) is 0. The van der Waals surface area contributed by atoms with Crippen molar-refractivity contribution in [1.29, 1.82) is 0 Å². The van der Waals surface area contributed by atoms with Gasteiger partial charge in [-0.1, -0.05) is 57.2 Å². The number of fused-ring (bicyclic) bond motifs is 3. The Kier molecular flexibility index (Phi) is 4.22. The zero-order chi connectivity index (χ0) is 19.1. The van der Waals surface area contributed by atoms with Crippen LogP contribution in [0.1, 0.15) is 38.3 Å². The summed E-state index contributed by atoms with van der Waals surface area (Å²) in [5, 5.41) is 3.25. The summed E-state index contributed by atoms with van der Waals surface area (Å²) >= 11 is 0. The van der Waals surface area contributed by atoms with Crippen molar-refractivity contribution in [3.63, 3.8) is 0 Å². The monoisotopic (exact) mass is 362 g/mol. The molecule has 0 spiro atoms. The van der Waals surface area contributed by atoms with Crippen LogP contribution >= 0.6 is 0 Å². The largest absolute Gasteiger partial charge is 0.494 e. The molecule has 27 heavy (non-hydrogen) atoms. The van der Waals surface area contributed by atoms with Crippen molar-refractivity contribution in [2.45, 2.75) is 38.3 Å². The molecule has 0 aliphatic carbocycles. The average molecular weight is 362 g/mol. The van der Waals surface area contributed by atoms with Crippen LogP contribution in [-0.2, 0) is 10.2 Å². The highest BCUT2D eigenvalue weighted by atomic mass is 16.5. The molecule has 2 aromatic carbocycles. The number of carbonyl (C=O) groups is 1. The summed E-state index contributed by atoms with van der Waals surface area (Å²) in [6.07, 6.45) is 5.21. The Balaban J connectivity index is 1.72. The quantitative estimate of drug-likeness (QED) is 0.870. The Morgan fingerprint density at radius 2 is 2.00 bits per heavy atom. The molecule has 1 saturated heterocycles. The van der Waals surface area contributed by atoms with Gasteiger partial charge in [-0.05, 0) is 41.8 Å². The van der Waals surface area contributed by atoms with Crippen molar-refractivity contribution in [2.75, 3.05) is 18.1 Å². The van der Waals surface area contributed by atoms with Gasteiger partial charge in [0.15, 0.2) is 0 Å². The molecule has 4 nitrogen and oxygen atoms in total. The Hall–Kier alpha value is -2.75. The highest BCUT2D eigenvalue weighted by molar-refractivity contribution is 5.91. The Labute approximate surface area is 160 Å². The van der Waals surface area contributed by atoms with Crippen LogP contribution in [0, 0.1) is 0 Å². The van der Waals surface area contributed by atoms with E-state index < -0.39 is 5.66 Å². The van der Waals surface area contributed by atoms with E-state index in [0.717, 1.165) is 23.4 Å². The fourth-order valence-electron chi connectivity index (χ4n) is 4.28. The van der Waals surface area contributed by atoms with Gasteiger partial charge in [0.2, 0.25) is 5.91 Å². The van der Waals surface area contributed by atoms with E-state index in [9.17, 15) is 4.79 Å². The van der Waals surface area contributed by atoms with Crippen LogP contribution in [-0.4, -0.2) is 24.7 Å². The van der Waals surface area contributed by atoms with Crippen molar-refractivity contribution >= 4 is 17.7 Å². The van der Waals surface area contributed by atoms with Gasteiger partial charge in [0.1, 0.15) is 11.4 Å². The fourth-order valence-corrected chi connectivity index (χ4v) is 4.28. The molecule has 2 heterocycles. The first-order valence-corrected chi connectivity index (χ1v) is 9.58. The number of nitrogens with one attached hydrogen (secondary N) is 1. The minimum atomic E-state index is -0.561. The van der Waals surface area contributed by atoms with Crippen LogP contribution in [0.2, 0.25) is 0 Å². The second-order valence-corrected chi connectivity index (χ2v) is 7.80. The number of amides is 1. The highest BCUT2D eigenvalue weighted by Gasteiger charge is 2.59. The number of carbonyl (C=O) groups excluding carboxylic acids is 1. The summed E-state index contributed by atoms with van der Waals surface area (Å²) in [6.45, 7) is 7.58. The SMILES string of the molecule is CCCOc1cccc(/C=C/[C@@]23NC(=O)CN2c2ccccc2C3(C)C)c1. The number of para-hydroxylation sites is 1. The lowest BCUT2D eigenvalue weighted by Gasteiger charge is -2.40. The van der Waals surface area contributed by atoms with Crippen molar-refractivity contribution in [3.8, 4) is 5.75 Å². The van der Waals surface area contributed by atoms with Crippen molar-refractivity contribution in [3.05, 3.63) is 65.7 Å². The van der Waals surface area contributed by atoms with Gasteiger partial charge in [0, 0.05) is 11.1 Å². The topological polar surface area (TPSA) is 41.6 Å². The first-order chi connectivity index (χ1) is 13.0. The molecule has 1 fully saturated rings. The Bertz CT molecular complexity index is 903. The highest BCUT2D eigenvalue weighted by Crippen LogP contribution is 2.52. The van der Waals surface area contributed by atoms with E-state index in [1.165, 1.54) is 5.56 Å². The molecule has 1 atom stereocenters. The minimum Gasteiger partial charge on any atom is -0.494 e. The molecule has 2 aromatic rings. The van der Waals surface area contributed by atoms with Crippen molar-refractivity contribution in [1.82, 2.24) is 5.32 Å². The van der Waals surface area contributed by atoms with Crippen LogP contribution in [0.15, 0.2) is 54.6 Å². The third kappa shape index (κ3) is 2.71. The van der Waals surface area contributed by atoms with Gasteiger partial charge in [-0.3, -0.25) is 4.79 Å². The predicted octanol–water partition coefficient (Wildman–Crippen LogP) is 4.11. The van der Waals surface area contributed by atoms with E-state index in [1.54, 1.807) is 0 Å². The first-order valence-electron chi connectivity index (χ1n) is 9.58. The van der Waals surface area contributed by atoms with Gasteiger partial charge in [-0.15, -0.1) is 0 Å². The maximum absolute atomic E-state index is 12.3. The lowest BCUT2D eigenvalue weighted by molar-refractivity contribution is -0.118. The Morgan fingerprint density at radius 1 is 1.19 bits per heavy atom. The number of rotatable bonds is 5. The maximum Gasteiger partial charge on any atom is 0.241 e. The number of hydrogen-bond donors (Lipinski definition) is 1. The molecule has 4 rings (SSSR count). The standard InChI is InChI=1S/C23H26N2O2/c1-4-14-27-18-9-7-8-17(15-18)12-13-23-22(2,3)19-10-5-6-11-20(19)25(23)16-21(26)24-23/h5-13,15H,4,14,16H2,1-3H3,(H,24,26)/b13-12+/t23-/m1/s1. The van der Waals surface area contributed by atoms with E-state index in [4.69, 9.17) is 4.74 Å². The average Bonchev–Trinajstić information content (AvgIpc) is 3.10. The molecule has 140 valence electrons. The molecule has 0 unspecified atom stereocenters. The smallest absolute Gasteiger partial charge is 0.241 e. The fraction of sp³-hybridized carbons (Fsp3) is 0.348. The van der Waals surface area contributed by atoms with Crippen molar-refractivity contribution < 1.29 is 9.53 Å². The molecule has 0 radical (unpaired) electrons. The number of hydrogen-bond acceptors (Lipinski definition) is 3. The van der Waals surface area contributed by atoms with E-state index in [2.05, 4.69) is 67.4 Å². The number of nitrogens with zero attached hydrogens (tertiary/aromatic N) is 1. The zero-order valence-electron chi connectivity index (χ0n) is 16.2. The number of ether oxygens (including phenoxy) is 1. The molecule has 0 bridgehead atoms. The predicted molar refractivity (Wildman–Crippen MR) is 109 cm³/mol. The molecule has 2 aliphatic heterocycles. The summed E-state index contributed by atoms with van der Waals surface area (Å²) in [4.78, 5) is 14.5.